The quantitative estimate of drug-likeness (QED) is 0.742. The van der Waals surface area contributed by atoms with Gasteiger partial charge in [0.2, 0.25) is 0 Å². The lowest BCUT2D eigenvalue weighted by Gasteiger charge is -2.11. The Morgan fingerprint density at radius 2 is 1.95 bits per heavy atom. The van der Waals surface area contributed by atoms with Gasteiger partial charge in [0, 0.05) is 5.39 Å². The first kappa shape index (κ1) is 14.3. The van der Waals surface area contributed by atoms with E-state index in [1.165, 1.54) is 4.68 Å². The number of rotatable bonds is 4. The molecule has 3 rings (SSSR count). The summed E-state index contributed by atoms with van der Waals surface area (Å²) in [7, 11) is 0. The number of fused-ring (bicyclic) bond motifs is 1. The second-order valence-corrected chi connectivity index (χ2v) is 5.38. The predicted octanol–water partition coefficient (Wildman–Crippen LogP) is 3.09. The molecule has 2 aromatic carbocycles. The topological polar surface area (TPSA) is 44.1 Å². The molecule has 0 atom stereocenters. The van der Waals surface area contributed by atoms with Crippen molar-refractivity contribution in [3.8, 4) is 5.75 Å². The summed E-state index contributed by atoms with van der Waals surface area (Å²) in [5.74, 6) is 0.855. The molecular weight excluding hydrogens is 276 g/mol. The minimum absolute atomic E-state index is 0.0809. The molecule has 0 fully saturated rings. The second-order valence-electron chi connectivity index (χ2n) is 5.38. The molecule has 0 amide bonds. The molecule has 0 saturated heterocycles. The first-order valence-electron chi connectivity index (χ1n) is 7.30. The molecule has 0 radical (unpaired) electrons. The molecule has 0 N–H and O–H groups in total. The Bertz CT molecular complexity index is 868. The molecule has 3 aromatic rings. The van der Waals surface area contributed by atoms with E-state index in [-0.39, 0.29) is 5.56 Å². The molecule has 112 valence electrons. The van der Waals surface area contributed by atoms with E-state index in [0.29, 0.717) is 18.5 Å². The van der Waals surface area contributed by atoms with Gasteiger partial charge in [-0.05, 0) is 37.1 Å². The van der Waals surface area contributed by atoms with Gasteiger partial charge in [0.1, 0.15) is 12.4 Å². The first-order chi connectivity index (χ1) is 10.6. The fourth-order valence-electron chi connectivity index (χ4n) is 2.39. The summed E-state index contributed by atoms with van der Waals surface area (Å²) >= 11 is 0. The summed E-state index contributed by atoms with van der Waals surface area (Å²) in [6.07, 6.45) is 1.72. The van der Waals surface area contributed by atoms with Crippen molar-refractivity contribution < 1.29 is 4.74 Å². The van der Waals surface area contributed by atoms with Gasteiger partial charge in [0.25, 0.3) is 5.56 Å². The minimum Gasteiger partial charge on any atom is -0.491 e. The maximum atomic E-state index is 12.3. The molecule has 22 heavy (non-hydrogen) atoms. The molecule has 1 aromatic heterocycles. The van der Waals surface area contributed by atoms with Crippen molar-refractivity contribution in [2.45, 2.75) is 20.4 Å². The number of hydrogen-bond donors (Lipinski definition) is 0. The minimum atomic E-state index is -0.0809. The molecule has 4 heteroatoms. The third-order valence-electron chi connectivity index (χ3n) is 3.67. The number of benzene rings is 2. The van der Waals surface area contributed by atoms with E-state index in [2.05, 4.69) is 11.2 Å². The first-order valence-corrected chi connectivity index (χ1v) is 7.30. The van der Waals surface area contributed by atoms with E-state index >= 15 is 0 Å². The van der Waals surface area contributed by atoms with Crippen LogP contribution in [0.4, 0.5) is 0 Å². The monoisotopic (exact) mass is 294 g/mol. The zero-order chi connectivity index (χ0) is 15.5. The molecule has 0 aliphatic carbocycles. The lowest BCUT2D eigenvalue weighted by molar-refractivity contribution is 0.286. The largest absolute Gasteiger partial charge is 0.491 e. The molecular formula is C18H18N2O2. The van der Waals surface area contributed by atoms with Crippen LogP contribution < -0.4 is 10.3 Å². The number of hydrogen-bond acceptors (Lipinski definition) is 3. The van der Waals surface area contributed by atoms with Crippen LogP contribution in [0.1, 0.15) is 11.1 Å². The highest BCUT2D eigenvalue weighted by Gasteiger charge is 2.04. The fourth-order valence-corrected chi connectivity index (χ4v) is 2.39. The number of ether oxygens (including phenoxy) is 1. The summed E-state index contributed by atoms with van der Waals surface area (Å²) < 4.78 is 7.24. The van der Waals surface area contributed by atoms with Gasteiger partial charge >= 0.3 is 0 Å². The summed E-state index contributed by atoms with van der Waals surface area (Å²) in [6, 6.07) is 13.6. The third-order valence-corrected chi connectivity index (χ3v) is 3.67. The lowest BCUT2D eigenvalue weighted by Crippen LogP contribution is -2.25. The van der Waals surface area contributed by atoms with E-state index in [4.69, 9.17) is 4.74 Å². The van der Waals surface area contributed by atoms with Gasteiger partial charge in [-0.3, -0.25) is 4.79 Å². The normalized spacial score (nSPS) is 10.8. The van der Waals surface area contributed by atoms with Gasteiger partial charge in [0.15, 0.2) is 0 Å². The third kappa shape index (κ3) is 2.86. The van der Waals surface area contributed by atoms with Gasteiger partial charge in [-0.15, -0.1) is 0 Å². The summed E-state index contributed by atoms with van der Waals surface area (Å²) in [6.45, 7) is 4.88. The van der Waals surface area contributed by atoms with Crippen molar-refractivity contribution in [1.29, 1.82) is 0 Å². The van der Waals surface area contributed by atoms with Crippen LogP contribution >= 0.6 is 0 Å². The molecule has 0 unspecified atom stereocenters. The highest BCUT2D eigenvalue weighted by Crippen LogP contribution is 2.18. The number of nitrogens with zero attached hydrogens (tertiary/aromatic N) is 2. The van der Waals surface area contributed by atoms with E-state index < -0.39 is 0 Å². The highest BCUT2D eigenvalue weighted by atomic mass is 16.5. The van der Waals surface area contributed by atoms with Gasteiger partial charge in [-0.2, -0.15) is 5.10 Å². The Balaban J connectivity index is 1.76. The van der Waals surface area contributed by atoms with E-state index in [1.807, 2.05) is 50.2 Å². The highest BCUT2D eigenvalue weighted by molar-refractivity contribution is 5.80. The summed E-state index contributed by atoms with van der Waals surface area (Å²) in [5, 5.41) is 5.75. The lowest BCUT2D eigenvalue weighted by atomic mass is 10.1. The van der Waals surface area contributed by atoms with Crippen LogP contribution in [0.5, 0.6) is 5.75 Å². The number of aryl methyl sites for hydroxylation is 2. The van der Waals surface area contributed by atoms with Crippen LogP contribution in [0.25, 0.3) is 10.8 Å². The molecule has 0 saturated carbocycles. The molecule has 0 aliphatic heterocycles. The standard InChI is InChI=1S/C18H18N2O2/c1-13-7-8-14(2)17(11-13)22-10-9-20-18(21)16-6-4-3-5-15(16)12-19-20/h3-8,11-12H,9-10H2,1-2H3. The average molecular weight is 294 g/mol. The zero-order valence-electron chi connectivity index (χ0n) is 12.7. The van der Waals surface area contributed by atoms with Crippen molar-refractivity contribution in [3.05, 3.63) is 70.1 Å². The van der Waals surface area contributed by atoms with Crippen LogP contribution in [0, 0.1) is 13.8 Å². The molecule has 0 bridgehead atoms. The second kappa shape index (κ2) is 6.02. The molecule has 4 nitrogen and oxygen atoms in total. The Hall–Kier alpha value is -2.62. The smallest absolute Gasteiger partial charge is 0.274 e. The Morgan fingerprint density at radius 3 is 2.82 bits per heavy atom. The van der Waals surface area contributed by atoms with Crippen LogP contribution in [-0.2, 0) is 6.54 Å². The van der Waals surface area contributed by atoms with Gasteiger partial charge in [0.05, 0.1) is 18.1 Å². The van der Waals surface area contributed by atoms with Crippen LogP contribution in [0.3, 0.4) is 0 Å². The van der Waals surface area contributed by atoms with E-state index in [1.54, 1.807) is 6.20 Å². The van der Waals surface area contributed by atoms with Crippen LogP contribution in [-0.4, -0.2) is 16.4 Å². The van der Waals surface area contributed by atoms with Crippen molar-refractivity contribution >= 4 is 10.8 Å². The zero-order valence-corrected chi connectivity index (χ0v) is 12.7. The molecule has 0 spiro atoms. The average Bonchev–Trinajstić information content (AvgIpc) is 2.53. The van der Waals surface area contributed by atoms with Crippen LogP contribution in [0.15, 0.2) is 53.5 Å². The Morgan fingerprint density at radius 1 is 1.14 bits per heavy atom. The SMILES string of the molecule is Cc1ccc(C)c(OCCn2ncc3ccccc3c2=O)c1. The number of aromatic nitrogens is 2. The Kier molecular flexibility index (Phi) is 3.92. The molecule has 0 aliphatic rings. The fraction of sp³-hybridized carbons (Fsp3) is 0.222. The maximum Gasteiger partial charge on any atom is 0.274 e. The van der Waals surface area contributed by atoms with Crippen molar-refractivity contribution in [2.75, 3.05) is 6.61 Å². The van der Waals surface area contributed by atoms with Gasteiger partial charge in [-0.1, -0.05) is 30.3 Å². The van der Waals surface area contributed by atoms with Crippen LogP contribution in [0.2, 0.25) is 0 Å². The predicted molar refractivity (Wildman–Crippen MR) is 87.4 cm³/mol. The van der Waals surface area contributed by atoms with Crippen molar-refractivity contribution in [3.63, 3.8) is 0 Å². The van der Waals surface area contributed by atoms with Crippen molar-refractivity contribution in [2.24, 2.45) is 0 Å². The van der Waals surface area contributed by atoms with E-state index in [9.17, 15) is 4.79 Å². The summed E-state index contributed by atoms with van der Waals surface area (Å²) in [4.78, 5) is 12.3. The molecule has 1 heterocycles. The van der Waals surface area contributed by atoms with Gasteiger partial charge < -0.3 is 4.74 Å². The Labute approximate surface area is 129 Å². The maximum absolute atomic E-state index is 12.3. The van der Waals surface area contributed by atoms with E-state index in [0.717, 1.165) is 22.3 Å². The van der Waals surface area contributed by atoms with Gasteiger partial charge in [-0.25, -0.2) is 4.68 Å². The van der Waals surface area contributed by atoms with Crippen molar-refractivity contribution in [1.82, 2.24) is 9.78 Å². The summed E-state index contributed by atoms with van der Waals surface area (Å²) in [5.41, 5.74) is 2.16.